The highest BCUT2D eigenvalue weighted by molar-refractivity contribution is 5.78. The zero-order valence-electron chi connectivity index (χ0n) is 15.9. The molecule has 5 heteroatoms. The number of carbonyl (C=O) groups excluding carboxylic acids is 1. The molecule has 1 amide bonds. The number of nitrogens with zero attached hydrogens (tertiary/aromatic N) is 4. The number of pyridine rings is 1. The van der Waals surface area contributed by atoms with Gasteiger partial charge in [-0.3, -0.25) is 14.7 Å². The quantitative estimate of drug-likeness (QED) is 0.813. The Balaban J connectivity index is 1.44. The molecule has 3 aliphatic heterocycles. The minimum absolute atomic E-state index is 0.0698. The number of aromatic nitrogens is 1. The molecule has 0 aromatic carbocycles. The normalized spacial score (nSPS) is 28.2. The molecule has 4 rings (SSSR count). The summed E-state index contributed by atoms with van der Waals surface area (Å²) in [5, 5.41) is 0. The Morgan fingerprint density at radius 2 is 1.65 bits per heavy atom. The van der Waals surface area contributed by atoms with Crippen LogP contribution in [-0.4, -0.2) is 70.4 Å². The monoisotopic (exact) mass is 356 g/mol. The van der Waals surface area contributed by atoms with Gasteiger partial charge in [0.2, 0.25) is 5.91 Å². The molecule has 0 bridgehead atoms. The summed E-state index contributed by atoms with van der Waals surface area (Å²) in [7, 11) is 0. The van der Waals surface area contributed by atoms with E-state index < -0.39 is 0 Å². The average Bonchev–Trinajstić information content (AvgIpc) is 3.16. The zero-order valence-corrected chi connectivity index (χ0v) is 15.9. The second-order valence-electron chi connectivity index (χ2n) is 8.34. The molecule has 1 aromatic heterocycles. The van der Waals surface area contributed by atoms with Crippen LogP contribution in [0.25, 0.3) is 0 Å². The molecule has 0 radical (unpaired) electrons. The van der Waals surface area contributed by atoms with E-state index in [0.29, 0.717) is 5.91 Å². The molecular formula is C21H32N4O. The van der Waals surface area contributed by atoms with Crippen LogP contribution in [0.2, 0.25) is 0 Å². The van der Waals surface area contributed by atoms with Gasteiger partial charge >= 0.3 is 0 Å². The molecule has 0 saturated carbocycles. The van der Waals surface area contributed by atoms with Crippen LogP contribution in [0.5, 0.6) is 0 Å². The summed E-state index contributed by atoms with van der Waals surface area (Å²) in [5.74, 6) is 0.390. The first-order valence-corrected chi connectivity index (χ1v) is 10.4. The van der Waals surface area contributed by atoms with Crippen molar-refractivity contribution in [2.45, 2.75) is 57.0 Å². The number of hydrogen-bond acceptors (Lipinski definition) is 4. The number of rotatable bonds is 5. The van der Waals surface area contributed by atoms with Crippen LogP contribution in [0.15, 0.2) is 24.5 Å². The number of carbonyl (C=O) groups is 1. The van der Waals surface area contributed by atoms with Crippen molar-refractivity contribution in [3.8, 4) is 0 Å². The lowest BCUT2D eigenvalue weighted by Crippen LogP contribution is -2.63. The molecule has 1 spiro atoms. The largest absolute Gasteiger partial charge is 0.334 e. The van der Waals surface area contributed by atoms with Gasteiger partial charge in [0.25, 0.3) is 0 Å². The molecule has 1 atom stereocenters. The lowest BCUT2D eigenvalue weighted by Gasteiger charge is -2.52. The Labute approximate surface area is 157 Å². The van der Waals surface area contributed by atoms with Gasteiger partial charge in [-0.25, -0.2) is 0 Å². The molecule has 5 nitrogen and oxygen atoms in total. The molecule has 142 valence electrons. The van der Waals surface area contributed by atoms with E-state index in [9.17, 15) is 4.79 Å². The fraction of sp³-hybridized carbons (Fsp3) is 0.714. The molecule has 1 aromatic rings. The average molecular weight is 357 g/mol. The Hall–Kier alpha value is -1.46. The maximum absolute atomic E-state index is 12.8. The second-order valence-corrected chi connectivity index (χ2v) is 8.34. The van der Waals surface area contributed by atoms with Gasteiger partial charge in [-0.2, -0.15) is 0 Å². The van der Waals surface area contributed by atoms with Gasteiger partial charge in [0.05, 0.1) is 5.54 Å². The van der Waals surface area contributed by atoms with Crippen molar-refractivity contribution in [3.05, 3.63) is 30.1 Å². The van der Waals surface area contributed by atoms with Crippen LogP contribution in [0.1, 0.15) is 50.5 Å². The van der Waals surface area contributed by atoms with Crippen molar-refractivity contribution in [2.75, 3.05) is 39.3 Å². The molecule has 0 unspecified atom stereocenters. The molecule has 0 N–H and O–H groups in total. The van der Waals surface area contributed by atoms with Gasteiger partial charge < -0.3 is 9.80 Å². The molecule has 3 saturated heterocycles. The molecular weight excluding hydrogens is 324 g/mol. The topological polar surface area (TPSA) is 39.7 Å². The number of amides is 1. The van der Waals surface area contributed by atoms with Gasteiger partial charge in [-0.1, -0.05) is 0 Å². The van der Waals surface area contributed by atoms with Crippen molar-refractivity contribution in [1.82, 2.24) is 19.7 Å². The van der Waals surface area contributed by atoms with E-state index in [0.717, 1.165) is 45.6 Å². The first-order chi connectivity index (χ1) is 12.8. The summed E-state index contributed by atoms with van der Waals surface area (Å²) >= 11 is 0. The second kappa shape index (κ2) is 8.05. The third-order valence-electron chi connectivity index (χ3n) is 6.53. The van der Waals surface area contributed by atoms with Crippen molar-refractivity contribution >= 4 is 5.91 Å². The van der Waals surface area contributed by atoms with Crippen LogP contribution in [0.3, 0.4) is 0 Å². The standard InChI is InChI=1S/C21H32N4O/c26-20-5-3-8-21(25(20)16-15-23-12-1-2-13-23)9-4-14-24(18-21)17-19-6-10-22-11-7-19/h6-7,10-11H,1-5,8-9,12-18H2/t21-/m1/s1. The summed E-state index contributed by atoms with van der Waals surface area (Å²) in [6, 6.07) is 4.22. The Kier molecular flexibility index (Phi) is 5.55. The van der Waals surface area contributed by atoms with Gasteiger partial charge in [-0.05, 0) is 75.9 Å². The molecule has 4 heterocycles. The lowest BCUT2D eigenvalue weighted by molar-refractivity contribution is -0.146. The van der Waals surface area contributed by atoms with Crippen molar-refractivity contribution in [3.63, 3.8) is 0 Å². The first kappa shape index (κ1) is 17.9. The summed E-state index contributed by atoms with van der Waals surface area (Å²) in [6.45, 7) is 7.53. The van der Waals surface area contributed by atoms with Gasteiger partial charge in [0, 0.05) is 45.0 Å². The summed E-state index contributed by atoms with van der Waals surface area (Å²) in [5.41, 5.74) is 1.39. The van der Waals surface area contributed by atoms with Crippen molar-refractivity contribution in [1.29, 1.82) is 0 Å². The van der Waals surface area contributed by atoms with E-state index in [4.69, 9.17) is 0 Å². The Morgan fingerprint density at radius 3 is 2.46 bits per heavy atom. The van der Waals surface area contributed by atoms with E-state index in [1.54, 1.807) is 0 Å². The first-order valence-electron chi connectivity index (χ1n) is 10.4. The van der Waals surface area contributed by atoms with Gasteiger partial charge in [-0.15, -0.1) is 0 Å². The maximum atomic E-state index is 12.8. The highest BCUT2D eigenvalue weighted by Gasteiger charge is 2.44. The summed E-state index contributed by atoms with van der Waals surface area (Å²) < 4.78 is 0. The highest BCUT2D eigenvalue weighted by Crippen LogP contribution is 2.37. The SMILES string of the molecule is O=C1CCC[C@]2(CCCN(Cc3ccncc3)C2)N1CCN1CCCC1. The highest BCUT2D eigenvalue weighted by atomic mass is 16.2. The fourth-order valence-electron chi connectivity index (χ4n) is 5.22. The molecule has 3 aliphatic rings. The predicted octanol–water partition coefficient (Wildman–Crippen LogP) is 2.52. The smallest absolute Gasteiger partial charge is 0.223 e. The van der Waals surface area contributed by atoms with E-state index >= 15 is 0 Å². The van der Waals surface area contributed by atoms with Crippen LogP contribution in [0, 0.1) is 0 Å². The van der Waals surface area contributed by atoms with Crippen molar-refractivity contribution in [2.24, 2.45) is 0 Å². The predicted molar refractivity (Wildman–Crippen MR) is 103 cm³/mol. The number of likely N-dealkylation sites (tertiary alicyclic amines) is 3. The summed E-state index contributed by atoms with van der Waals surface area (Å²) in [4.78, 5) is 24.3. The molecule has 0 aliphatic carbocycles. The molecule has 26 heavy (non-hydrogen) atoms. The maximum Gasteiger partial charge on any atom is 0.223 e. The minimum Gasteiger partial charge on any atom is -0.334 e. The molecule has 3 fully saturated rings. The lowest BCUT2D eigenvalue weighted by atomic mass is 9.79. The Bertz CT molecular complexity index is 597. The van der Waals surface area contributed by atoms with E-state index in [1.807, 2.05) is 12.4 Å². The van der Waals surface area contributed by atoms with E-state index in [-0.39, 0.29) is 5.54 Å². The van der Waals surface area contributed by atoms with Crippen LogP contribution in [0.4, 0.5) is 0 Å². The minimum atomic E-state index is 0.0698. The van der Waals surface area contributed by atoms with Crippen LogP contribution < -0.4 is 0 Å². The van der Waals surface area contributed by atoms with Crippen LogP contribution >= 0.6 is 0 Å². The summed E-state index contributed by atoms with van der Waals surface area (Å²) in [6.07, 6.45) is 11.7. The van der Waals surface area contributed by atoms with Crippen LogP contribution in [-0.2, 0) is 11.3 Å². The van der Waals surface area contributed by atoms with Gasteiger partial charge in [0.1, 0.15) is 0 Å². The van der Waals surface area contributed by atoms with Crippen molar-refractivity contribution < 1.29 is 4.79 Å². The fourth-order valence-corrected chi connectivity index (χ4v) is 5.22. The third-order valence-corrected chi connectivity index (χ3v) is 6.53. The number of piperidine rings is 2. The zero-order chi connectivity index (χ0) is 17.8. The van der Waals surface area contributed by atoms with Gasteiger partial charge in [0.15, 0.2) is 0 Å². The third kappa shape index (κ3) is 3.94. The van der Waals surface area contributed by atoms with E-state index in [1.165, 1.54) is 50.8 Å². The number of hydrogen-bond donors (Lipinski definition) is 0. The Morgan fingerprint density at radius 1 is 0.923 bits per heavy atom. The van der Waals surface area contributed by atoms with E-state index in [2.05, 4.69) is 31.8 Å².